The monoisotopic (exact) mass is 329 g/mol. The fourth-order valence-electron chi connectivity index (χ4n) is 2.67. The van der Waals surface area contributed by atoms with Gasteiger partial charge in [0.25, 0.3) is 11.8 Å². The van der Waals surface area contributed by atoms with Crippen molar-refractivity contribution in [2.45, 2.75) is 33.1 Å². The Morgan fingerprint density at radius 2 is 2.04 bits per heavy atom. The van der Waals surface area contributed by atoms with Gasteiger partial charge in [-0.2, -0.15) is 0 Å². The van der Waals surface area contributed by atoms with E-state index >= 15 is 0 Å². The average Bonchev–Trinajstić information content (AvgIpc) is 2.96. The zero-order chi connectivity index (χ0) is 16.4. The second kappa shape index (κ2) is 6.50. The van der Waals surface area contributed by atoms with E-state index in [1.807, 2.05) is 13.0 Å². The van der Waals surface area contributed by atoms with Gasteiger partial charge in [0, 0.05) is 16.8 Å². The van der Waals surface area contributed by atoms with Crippen LogP contribution in [0.15, 0.2) is 24.4 Å². The summed E-state index contributed by atoms with van der Waals surface area (Å²) in [6, 6.07) is 5.38. The normalized spacial score (nSPS) is 16.5. The standard InChI is InChI=1S/C17H19N3O2S/c1-10-3-6-14-13(7-10)8-15(23-14)17(22)20-19-16(21)12-5-4-11(2)18-9-12/h4-5,8-10H,3,6-7H2,1-2H3,(H,19,21)(H,20,22). The quantitative estimate of drug-likeness (QED) is 0.832. The molecular weight excluding hydrogens is 310 g/mol. The maximum absolute atomic E-state index is 12.2. The Kier molecular flexibility index (Phi) is 4.43. The van der Waals surface area contributed by atoms with Crippen LogP contribution in [0, 0.1) is 12.8 Å². The number of thiophene rings is 1. The highest BCUT2D eigenvalue weighted by molar-refractivity contribution is 7.14. The zero-order valence-electron chi connectivity index (χ0n) is 13.2. The van der Waals surface area contributed by atoms with Gasteiger partial charge in [-0.1, -0.05) is 6.92 Å². The van der Waals surface area contributed by atoms with Crippen LogP contribution in [0.4, 0.5) is 0 Å². The molecule has 1 atom stereocenters. The molecule has 0 radical (unpaired) electrons. The van der Waals surface area contributed by atoms with Gasteiger partial charge in [-0.05, 0) is 55.9 Å². The van der Waals surface area contributed by atoms with E-state index in [0.29, 0.717) is 16.4 Å². The average molecular weight is 329 g/mol. The molecule has 5 nitrogen and oxygen atoms in total. The first-order valence-corrected chi connectivity index (χ1v) is 8.49. The minimum absolute atomic E-state index is 0.273. The third-order valence-corrected chi connectivity index (χ3v) is 5.25. The first-order chi connectivity index (χ1) is 11.0. The third kappa shape index (κ3) is 3.59. The van der Waals surface area contributed by atoms with E-state index in [0.717, 1.165) is 18.5 Å². The Morgan fingerprint density at radius 1 is 1.26 bits per heavy atom. The number of aryl methyl sites for hydroxylation is 2. The van der Waals surface area contributed by atoms with Crippen LogP contribution in [0.25, 0.3) is 0 Å². The van der Waals surface area contributed by atoms with Gasteiger partial charge in [0.1, 0.15) is 0 Å². The van der Waals surface area contributed by atoms with Crippen LogP contribution >= 0.6 is 11.3 Å². The van der Waals surface area contributed by atoms with Crippen LogP contribution in [0.1, 0.15) is 49.5 Å². The predicted octanol–water partition coefficient (Wildman–Crippen LogP) is 2.65. The molecule has 1 unspecified atom stereocenters. The number of carbonyl (C=O) groups is 2. The minimum Gasteiger partial charge on any atom is -0.267 e. The van der Waals surface area contributed by atoms with E-state index in [-0.39, 0.29) is 11.8 Å². The summed E-state index contributed by atoms with van der Waals surface area (Å²) in [4.78, 5) is 30.2. The molecule has 6 heteroatoms. The Balaban J connectivity index is 1.61. The largest absolute Gasteiger partial charge is 0.279 e. The molecule has 0 aliphatic heterocycles. The van der Waals surface area contributed by atoms with Gasteiger partial charge in [0.05, 0.1) is 10.4 Å². The highest BCUT2D eigenvalue weighted by Gasteiger charge is 2.20. The molecule has 2 N–H and O–H groups in total. The molecule has 23 heavy (non-hydrogen) atoms. The van der Waals surface area contributed by atoms with E-state index in [2.05, 4.69) is 22.8 Å². The van der Waals surface area contributed by atoms with Crippen LogP contribution < -0.4 is 10.9 Å². The number of nitrogens with one attached hydrogen (secondary N) is 2. The van der Waals surface area contributed by atoms with Gasteiger partial charge in [-0.3, -0.25) is 25.4 Å². The fraction of sp³-hybridized carbons (Fsp3) is 0.353. The van der Waals surface area contributed by atoms with E-state index < -0.39 is 0 Å². The molecule has 0 saturated heterocycles. The minimum atomic E-state index is -0.374. The highest BCUT2D eigenvalue weighted by Crippen LogP contribution is 2.32. The summed E-state index contributed by atoms with van der Waals surface area (Å²) >= 11 is 1.52. The van der Waals surface area contributed by atoms with E-state index in [1.165, 1.54) is 34.4 Å². The van der Waals surface area contributed by atoms with E-state index in [4.69, 9.17) is 0 Å². The van der Waals surface area contributed by atoms with Gasteiger partial charge < -0.3 is 0 Å². The molecule has 0 bridgehead atoms. The third-order valence-electron chi connectivity index (χ3n) is 4.02. The van der Waals surface area contributed by atoms with Gasteiger partial charge in [-0.15, -0.1) is 11.3 Å². The molecule has 0 spiro atoms. The first-order valence-electron chi connectivity index (χ1n) is 7.68. The molecule has 1 aliphatic carbocycles. The maximum atomic E-state index is 12.2. The topological polar surface area (TPSA) is 71.1 Å². The molecule has 2 heterocycles. The molecule has 3 rings (SSSR count). The summed E-state index contributed by atoms with van der Waals surface area (Å²) in [5.74, 6) is 0.0213. The van der Waals surface area contributed by atoms with Crippen molar-refractivity contribution in [2.24, 2.45) is 5.92 Å². The van der Waals surface area contributed by atoms with Crippen LogP contribution in [0.5, 0.6) is 0 Å². The van der Waals surface area contributed by atoms with Gasteiger partial charge in [0.2, 0.25) is 0 Å². The smallest absolute Gasteiger partial charge is 0.267 e. The predicted molar refractivity (Wildman–Crippen MR) is 89.4 cm³/mol. The van der Waals surface area contributed by atoms with Gasteiger partial charge in [-0.25, -0.2) is 0 Å². The number of nitrogens with zero attached hydrogens (tertiary/aromatic N) is 1. The number of rotatable bonds is 2. The molecule has 120 valence electrons. The number of amides is 2. The summed E-state index contributed by atoms with van der Waals surface area (Å²) < 4.78 is 0. The fourth-order valence-corrected chi connectivity index (χ4v) is 3.77. The lowest BCUT2D eigenvalue weighted by molar-refractivity contribution is 0.0848. The second-order valence-electron chi connectivity index (χ2n) is 6.00. The number of fused-ring (bicyclic) bond motifs is 1. The summed E-state index contributed by atoms with van der Waals surface area (Å²) in [6.07, 6.45) is 4.73. The van der Waals surface area contributed by atoms with Crippen molar-refractivity contribution >= 4 is 23.2 Å². The van der Waals surface area contributed by atoms with Crippen molar-refractivity contribution in [3.05, 3.63) is 51.0 Å². The lowest BCUT2D eigenvalue weighted by atomic mass is 9.90. The van der Waals surface area contributed by atoms with Crippen LogP contribution in [-0.2, 0) is 12.8 Å². The molecule has 2 aromatic rings. The summed E-state index contributed by atoms with van der Waals surface area (Å²) in [5.41, 5.74) is 7.43. The highest BCUT2D eigenvalue weighted by atomic mass is 32.1. The number of hydrazine groups is 1. The number of pyridine rings is 1. The number of hydrogen-bond acceptors (Lipinski definition) is 4. The molecule has 0 fully saturated rings. The second-order valence-corrected chi connectivity index (χ2v) is 7.14. The molecular formula is C17H19N3O2S. The van der Waals surface area contributed by atoms with Crippen molar-refractivity contribution in [1.29, 1.82) is 0 Å². The Bertz CT molecular complexity index is 737. The Morgan fingerprint density at radius 3 is 2.78 bits per heavy atom. The zero-order valence-corrected chi connectivity index (χ0v) is 14.0. The molecule has 0 saturated carbocycles. The van der Waals surface area contributed by atoms with Crippen LogP contribution in [0.3, 0.4) is 0 Å². The number of aromatic nitrogens is 1. The molecule has 0 aromatic carbocycles. The van der Waals surface area contributed by atoms with Crippen LogP contribution in [-0.4, -0.2) is 16.8 Å². The summed E-state index contributed by atoms with van der Waals surface area (Å²) in [6.45, 7) is 4.08. The SMILES string of the molecule is Cc1ccc(C(=O)NNC(=O)c2cc3c(s2)CCC(C)C3)cn1. The van der Waals surface area contributed by atoms with E-state index in [9.17, 15) is 9.59 Å². The lowest BCUT2D eigenvalue weighted by Crippen LogP contribution is -2.41. The van der Waals surface area contributed by atoms with Crippen molar-refractivity contribution in [3.63, 3.8) is 0 Å². The number of hydrogen-bond donors (Lipinski definition) is 2. The van der Waals surface area contributed by atoms with Crippen LogP contribution in [0.2, 0.25) is 0 Å². The molecule has 2 amide bonds. The van der Waals surface area contributed by atoms with E-state index in [1.54, 1.807) is 12.1 Å². The Hall–Kier alpha value is -2.21. The van der Waals surface area contributed by atoms with Crippen molar-refractivity contribution in [2.75, 3.05) is 0 Å². The summed E-state index contributed by atoms with van der Waals surface area (Å²) in [5, 5.41) is 0. The molecule has 1 aliphatic rings. The molecule has 2 aromatic heterocycles. The van der Waals surface area contributed by atoms with Gasteiger partial charge in [0.15, 0.2) is 0 Å². The Labute approximate surface area is 139 Å². The summed E-state index contributed by atoms with van der Waals surface area (Å²) in [7, 11) is 0. The van der Waals surface area contributed by atoms with Gasteiger partial charge >= 0.3 is 0 Å². The van der Waals surface area contributed by atoms with Crippen molar-refractivity contribution in [1.82, 2.24) is 15.8 Å². The van der Waals surface area contributed by atoms with Crippen molar-refractivity contribution < 1.29 is 9.59 Å². The maximum Gasteiger partial charge on any atom is 0.279 e. The van der Waals surface area contributed by atoms with Crippen molar-refractivity contribution in [3.8, 4) is 0 Å². The number of carbonyl (C=O) groups excluding carboxylic acids is 2. The lowest BCUT2D eigenvalue weighted by Gasteiger charge is -2.16. The first kappa shape index (κ1) is 15.7.